The Bertz CT molecular complexity index is 992. The number of carbonyl (C=O) groups excluding carboxylic acids is 1. The first-order valence-corrected chi connectivity index (χ1v) is 12.7. The average molecular weight is 447 g/mol. The first-order chi connectivity index (χ1) is 14.4. The van der Waals surface area contributed by atoms with Crippen molar-refractivity contribution in [3.05, 3.63) is 60.2 Å². The van der Waals surface area contributed by atoms with E-state index in [-0.39, 0.29) is 12.6 Å². The fraction of sp³-hybridized carbons (Fsp3) is 0.409. The number of anilines is 1. The molecule has 1 amide bonds. The van der Waals surface area contributed by atoms with Crippen molar-refractivity contribution in [2.45, 2.75) is 37.2 Å². The van der Waals surface area contributed by atoms with Crippen LogP contribution in [0.25, 0.3) is 0 Å². The van der Waals surface area contributed by atoms with Gasteiger partial charge >= 0.3 is 0 Å². The highest BCUT2D eigenvalue weighted by Crippen LogP contribution is 2.34. The summed E-state index contributed by atoms with van der Waals surface area (Å²) < 4.78 is 32.4. The summed E-state index contributed by atoms with van der Waals surface area (Å²) in [5.74, 6) is 2.25. The summed E-state index contributed by atoms with van der Waals surface area (Å²) in [6.45, 7) is 2.23. The molecule has 8 heteroatoms. The molecule has 0 bridgehead atoms. The molecule has 2 aliphatic heterocycles. The molecule has 2 aromatic carbocycles. The number of nitrogens with zero attached hydrogens (tertiary/aromatic N) is 1. The monoisotopic (exact) mass is 446 g/mol. The topological polar surface area (TPSA) is 75.7 Å². The van der Waals surface area contributed by atoms with E-state index in [0.29, 0.717) is 25.1 Å². The van der Waals surface area contributed by atoms with Gasteiger partial charge in [0.15, 0.2) is 4.75 Å². The summed E-state index contributed by atoms with van der Waals surface area (Å²) >= 11 is 1.85. The van der Waals surface area contributed by atoms with Gasteiger partial charge in [-0.1, -0.05) is 30.3 Å². The summed E-state index contributed by atoms with van der Waals surface area (Å²) in [4.78, 5) is 13.1. The Kier molecular flexibility index (Phi) is 6.09. The van der Waals surface area contributed by atoms with Gasteiger partial charge in [0, 0.05) is 30.3 Å². The third kappa shape index (κ3) is 4.22. The number of hydrogen-bond donors (Lipinski definition) is 1. The Balaban J connectivity index is 1.46. The highest BCUT2D eigenvalue weighted by molar-refractivity contribution is 8.00. The van der Waals surface area contributed by atoms with E-state index in [1.54, 1.807) is 24.3 Å². The minimum absolute atomic E-state index is 0.248. The van der Waals surface area contributed by atoms with Gasteiger partial charge < -0.3 is 10.1 Å². The van der Waals surface area contributed by atoms with Gasteiger partial charge in [-0.3, -0.25) is 4.79 Å². The number of sulfonamides is 1. The molecule has 0 aliphatic carbocycles. The Hall–Kier alpha value is -2.03. The number of nitrogens with one attached hydrogen (secondary N) is 1. The molecule has 0 saturated carbocycles. The number of rotatable bonds is 6. The van der Waals surface area contributed by atoms with Crippen molar-refractivity contribution in [1.29, 1.82) is 0 Å². The number of benzene rings is 2. The molecule has 0 radical (unpaired) electrons. The molecule has 0 aromatic heterocycles. The van der Waals surface area contributed by atoms with E-state index in [1.165, 1.54) is 11.2 Å². The van der Waals surface area contributed by atoms with Gasteiger partial charge in [-0.25, -0.2) is 8.42 Å². The molecular formula is C22H26N2O4S2. The van der Waals surface area contributed by atoms with Crippen LogP contribution in [0.2, 0.25) is 0 Å². The molecule has 2 saturated heterocycles. The van der Waals surface area contributed by atoms with Crippen LogP contribution in [-0.4, -0.2) is 47.5 Å². The summed E-state index contributed by atoms with van der Waals surface area (Å²) in [5, 5.41) is 2.80. The molecule has 0 spiro atoms. The van der Waals surface area contributed by atoms with Crippen molar-refractivity contribution < 1.29 is 17.9 Å². The Morgan fingerprint density at radius 2 is 1.87 bits per heavy atom. The Labute approximate surface area is 182 Å². The van der Waals surface area contributed by atoms with E-state index in [9.17, 15) is 13.2 Å². The predicted octanol–water partition coefficient (Wildman–Crippen LogP) is 3.50. The normalized spacial score (nSPS) is 24.0. The quantitative estimate of drug-likeness (QED) is 0.735. The molecule has 2 fully saturated rings. The van der Waals surface area contributed by atoms with Gasteiger partial charge in [-0.2, -0.15) is 16.1 Å². The number of thioether (sulfide) groups is 1. The van der Waals surface area contributed by atoms with Crippen LogP contribution < -0.4 is 10.1 Å². The van der Waals surface area contributed by atoms with Gasteiger partial charge in [-0.05, 0) is 49.6 Å². The zero-order valence-corrected chi connectivity index (χ0v) is 18.5. The second kappa shape index (κ2) is 8.61. The van der Waals surface area contributed by atoms with Crippen molar-refractivity contribution in [2.24, 2.45) is 0 Å². The first-order valence-electron chi connectivity index (χ1n) is 10.1. The number of amides is 1. The zero-order chi connectivity index (χ0) is 21.2. The maximum Gasteiger partial charge on any atom is 0.246 e. The van der Waals surface area contributed by atoms with Crippen molar-refractivity contribution >= 4 is 33.4 Å². The molecule has 2 heterocycles. The van der Waals surface area contributed by atoms with Gasteiger partial charge in [0.05, 0.1) is 0 Å². The van der Waals surface area contributed by atoms with Crippen molar-refractivity contribution in [3.8, 4) is 5.75 Å². The predicted molar refractivity (Wildman–Crippen MR) is 120 cm³/mol. The third-order valence-corrected chi connectivity index (χ3v) is 9.41. The fourth-order valence-electron chi connectivity index (χ4n) is 3.66. The van der Waals surface area contributed by atoms with Gasteiger partial charge in [-0.15, -0.1) is 0 Å². The molecule has 2 aromatic rings. The van der Waals surface area contributed by atoms with Gasteiger partial charge in [0.2, 0.25) is 15.9 Å². The third-order valence-electron chi connectivity index (χ3n) is 5.68. The fourth-order valence-corrected chi connectivity index (χ4v) is 6.17. The van der Waals surface area contributed by atoms with Crippen LogP contribution in [0.15, 0.2) is 54.6 Å². The minimum atomic E-state index is -3.81. The number of ether oxygens (including phenoxy) is 1. The lowest BCUT2D eigenvalue weighted by Crippen LogP contribution is -2.56. The van der Waals surface area contributed by atoms with E-state index in [1.807, 2.05) is 42.1 Å². The number of hydrogen-bond acceptors (Lipinski definition) is 5. The standard InChI is InChI=1S/C22H26N2O4S2/c1-22(12-5-13-24(30(22,26)27)14-17-6-3-2-4-7-17)21(25)23-18-8-10-19(11-9-18)28-20-15-29-16-20/h2-4,6-11,20H,5,12-16H2,1H3,(H,23,25)/t22-/m0/s1. The highest BCUT2D eigenvalue weighted by atomic mass is 32.2. The van der Waals surface area contributed by atoms with Crippen LogP contribution in [0.5, 0.6) is 5.75 Å². The van der Waals surface area contributed by atoms with Crippen LogP contribution in [0, 0.1) is 0 Å². The summed E-state index contributed by atoms with van der Waals surface area (Å²) in [5.41, 5.74) is 1.47. The lowest BCUT2D eigenvalue weighted by molar-refractivity contribution is -0.118. The number of carbonyl (C=O) groups is 1. The van der Waals surface area contributed by atoms with E-state index < -0.39 is 20.7 Å². The summed E-state index contributed by atoms with van der Waals surface area (Å²) in [6.07, 6.45) is 1.19. The van der Waals surface area contributed by atoms with E-state index >= 15 is 0 Å². The lowest BCUT2D eigenvalue weighted by atomic mass is 10.0. The molecule has 1 N–H and O–H groups in total. The smallest absolute Gasteiger partial charge is 0.246 e. The Morgan fingerprint density at radius 3 is 2.50 bits per heavy atom. The molecule has 4 rings (SSSR count). The zero-order valence-electron chi connectivity index (χ0n) is 16.9. The lowest BCUT2D eigenvalue weighted by Gasteiger charge is -2.38. The molecular weight excluding hydrogens is 420 g/mol. The summed E-state index contributed by atoms with van der Waals surface area (Å²) in [7, 11) is -3.81. The average Bonchev–Trinajstić information content (AvgIpc) is 2.70. The van der Waals surface area contributed by atoms with Crippen molar-refractivity contribution in [3.63, 3.8) is 0 Å². The second-order valence-electron chi connectivity index (χ2n) is 7.91. The van der Waals surface area contributed by atoms with Crippen LogP contribution >= 0.6 is 11.8 Å². The molecule has 6 nitrogen and oxygen atoms in total. The molecule has 0 unspecified atom stereocenters. The molecule has 160 valence electrons. The van der Waals surface area contributed by atoms with Crippen LogP contribution in [0.3, 0.4) is 0 Å². The molecule has 30 heavy (non-hydrogen) atoms. The van der Waals surface area contributed by atoms with Gasteiger partial charge in [0.1, 0.15) is 11.9 Å². The maximum atomic E-state index is 13.3. The van der Waals surface area contributed by atoms with Gasteiger partial charge in [0.25, 0.3) is 0 Å². The highest BCUT2D eigenvalue weighted by Gasteiger charge is 2.51. The van der Waals surface area contributed by atoms with Crippen molar-refractivity contribution in [2.75, 3.05) is 23.4 Å². The van der Waals surface area contributed by atoms with Crippen LogP contribution in [0.1, 0.15) is 25.3 Å². The van der Waals surface area contributed by atoms with Crippen LogP contribution in [0.4, 0.5) is 5.69 Å². The maximum absolute atomic E-state index is 13.3. The molecule has 1 atom stereocenters. The summed E-state index contributed by atoms with van der Waals surface area (Å²) in [6, 6.07) is 16.6. The second-order valence-corrected chi connectivity index (χ2v) is 11.4. The van der Waals surface area contributed by atoms with Crippen molar-refractivity contribution in [1.82, 2.24) is 4.31 Å². The van der Waals surface area contributed by atoms with E-state index in [2.05, 4.69) is 5.32 Å². The van der Waals surface area contributed by atoms with E-state index in [4.69, 9.17) is 4.74 Å². The van der Waals surface area contributed by atoms with E-state index in [0.717, 1.165) is 22.8 Å². The van der Waals surface area contributed by atoms with Crippen LogP contribution in [-0.2, 0) is 21.4 Å². The Morgan fingerprint density at radius 1 is 1.17 bits per heavy atom. The molecule has 2 aliphatic rings. The largest absolute Gasteiger partial charge is 0.489 e. The first kappa shape index (κ1) is 21.2. The SMILES string of the molecule is C[C@@]1(C(=O)Nc2ccc(OC3CSC3)cc2)CCCN(Cc2ccccc2)S1(=O)=O. The minimum Gasteiger partial charge on any atom is -0.489 e.